The molecule has 1 fully saturated rings. The third-order valence-electron chi connectivity index (χ3n) is 4.91. The molecule has 0 unspecified atom stereocenters. The van der Waals surface area contributed by atoms with Gasteiger partial charge in [-0.15, -0.1) is 0 Å². The maximum atomic E-state index is 5.91. The van der Waals surface area contributed by atoms with Gasteiger partial charge in [-0.1, -0.05) is 24.2 Å². The van der Waals surface area contributed by atoms with Crippen LogP contribution in [0.15, 0.2) is 47.2 Å². The standard InChI is InChI=1S/C20H19N3O2S/c1-2-5-14(4-1)22-11-13-12-24-17-10-15(7-8-16(13)17)25-20-23-19-18(26-20)6-3-9-21-19/h3,6-10,12,14,22H,1-2,4-5,11H2. The molecule has 5 nitrogen and oxygen atoms in total. The van der Waals surface area contributed by atoms with Crippen LogP contribution in [-0.2, 0) is 6.54 Å². The van der Waals surface area contributed by atoms with Gasteiger partial charge in [0.2, 0.25) is 0 Å². The van der Waals surface area contributed by atoms with Crippen molar-refractivity contribution in [3.63, 3.8) is 0 Å². The lowest BCUT2D eigenvalue weighted by atomic mass is 10.1. The van der Waals surface area contributed by atoms with Gasteiger partial charge in [-0.25, -0.2) is 4.98 Å². The van der Waals surface area contributed by atoms with Crippen LogP contribution in [0, 0.1) is 0 Å². The normalized spacial score (nSPS) is 15.2. The van der Waals surface area contributed by atoms with E-state index in [0.717, 1.165) is 28.0 Å². The van der Waals surface area contributed by atoms with Gasteiger partial charge in [0.1, 0.15) is 11.3 Å². The van der Waals surface area contributed by atoms with Crippen LogP contribution in [0.3, 0.4) is 0 Å². The third kappa shape index (κ3) is 3.06. The maximum absolute atomic E-state index is 5.91. The highest BCUT2D eigenvalue weighted by atomic mass is 32.1. The van der Waals surface area contributed by atoms with Crippen LogP contribution in [-0.4, -0.2) is 16.0 Å². The number of nitrogens with one attached hydrogen (secondary N) is 1. The zero-order valence-electron chi connectivity index (χ0n) is 14.3. The van der Waals surface area contributed by atoms with Crippen LogP contribution >= 0.6 is 11.3 Å². The van der Waals surface area contributed by atoms with E-state index in [-0.39, 0.29) is 0 Å². The summed E-state index contributed by atoms with van der Waals surface area (Å²) in [4.78, 5) is 8.66. The molecule has 0 aliphatic heterocycles. The second-order valence-electron chi connectivity index (χ2n) is 6.69. The summed E-state index contributed by atoms with van der Waals surface area (Å²) in [5, 5.41) is 5.36. The molecule has 1 aliphatic carbocycles. The van der Waals surface area contributed by atoms with Crippen molar-refractivity contribution in [3.05, 3.63) is 48.4 Å². The van der Waals surface area contributed by atoms with E-state index in [1.807, 2.05) is 30.5 Å². The highest BCUT2D eigenvalue weighted by Crippen LogP contribution is 2.32. The van der Waals surface area contributed by atoms with E-state index in [9.17, 15) is 0 Å². The topological polar surface area (TPSA) is 60.2 Å². The van der Waals surface area contributed by atoms with Crippen molar-refractivity contribution >= 4 is 32.7 Å². The molecule has 1 aromatic carbocycles. The number of nitrogens with zero attached hydrogens (tertiary/aromatic N) is 2. The first-order valence-electron chi connectivity index (χ1n) is 8.98. The minimum absolute atomic E-state index is 0.590. The Morgan fingerprint density at radius 3 is 3.04 bits per heavy atom. The number of rotatable bonds is 5. The monoisotopic (exact) mass is 365 g/mol. The number of thiazole rings is 1. The van der Waals surface area contributed by atoms with Crippen LogP contribution in [0.5, 0.6) is 10.9 Å². The molecule has 1 aliphatic rings. The van der Waals surface area contributed by atoms with E-state index in [0.29, 0.717) is 16.9 Å². The van der Waals surface area contributed by atoms with Crippen molar-refractivity contribution in [3.8, 4) is 10.9 Å². The summed E-state index contributed by atoms with van der Waals surface area (Å²) in [7, 11) is 0. The Morgan fingerprint density at radius 1 is 1.23 bits per heavy atom. The predicted octanol–water partition coefficient (Wildman–Crippen LogP) is 5.26. The number of ether oxygens (including phenoxy) is 1. The van der Waals surface area contributed by atoms with E-state index in [4.69, 9.17) is 9.15 Å². The molecule has 26 heavy (non-hydrogen) atoms. The number of hydrogen-bond donors (Lipinski definition) is 1. The Kier molecular flexibility index (Phi) is 4.07. The van der Waals surface area contributed by atoms with Crippen LogP contribution in [0.25, 0.3) is 21.3 Å². The average Bonchev–Trinajstić information content (AvgIpc) is 3.39. The Bertz CT molecular complexity index is 1020. The maximum Gasteiger partial charge on any atom is 0.281 e. The number of fused-ring (bicyclic) bond motifs is 2. The van der Waals surface area contributed by atoms with Gasteiger partial charge in [0.25, 0.3) is 5.19 Å². The molecule has 5 rings (SSSR count). The molecule has 0 radical (unpaired) electrons. The van der Waals surface area contributed by atoms with Gasteiger partial charge in [-0.3, -0.25) is 0 Å². The molecule has 0 amide bonds. The second kappa shape index (κ2) is 6.70. The Labute approximate surface area is 155 Å². The molecule has 132 valence electrons. The van der Waals surface area contributed by atoms with Crippen molar-refractivity contribution in [2.24, 2.45) is 0 Å². The first-order chi connectivity index (χ1) is 12.8. The van der Waals surface area contributed by atoms with E-state index in [1.54, 1.807) is 6.20 Å². The van der Waals surface area contributed by atoms with Gasteiger partial charge < -0.3 is 14.5 Å². The number of furan rings is 1. The van der Waals surface area contributed by atoms with Gasteiger partial charge in [-0.05, 0) is 37.1 Å². The Balaban J connectivity index is 1.34. The first kappa shape index (κ1) is 15.8. The van der Waals surface area contributed by atoms with Gasteiger partial charge >= 0.3 is 0 Å². The van der Waals surface area contributed by atoms with E-state index >= 15 is 0 Å². The summed E-state index contributed by atoms with van der Waals surface area (Å²) >= 11 is 1.49. The highest BCUT2D eigenvalue weighted by Gasteiger charge is 2.15. The smallest absolute Gasteiger partial charge is 0.281 e. The number of aromatic nitrogens is 2. The van der Waals surface area contributed by atoms with Crippen LogP contribution < -0.4 is 10.1 Å². The van der Waals surface area contributed by atoms with Gasteiger partial charge in [0, 0.05) is 35.8 Å². The minimum Gasteiger partial charge on any atom is -0.464 e. The zero-order valence-corrected chi connectivity index (χ0v) is 15.1. The third-order valence-corrected chi connectivity index (χ3v) is 5.80. The SMILES string of the molecule is c1cnc2nc(Oc3ccc4c(CNC5CCCC5)coc4c3)sc2c1. The van der Waals surface area contributed by atoms with Crippen molar-refractivity contribution in [1.82, 2.24) is 15.3 Å². The molecular weight excluding hydrogens is 346 g/mol. The Hall–Kier alpha value is -2.44. The minimum atomic E-state index is 0.590. The first-order valence-corrected chi connectivity index (χ1v) is 9.80. The van der Waals surface area contributed by atoms with E-state index < -0.39 is 0 Å². The van der Waals surface area contributed by atoms with Crippen molar-refractivity contribution in [1.29, 1.82) is 0 Å². The lowest BCUT2D eigenvalue weighted by Gasteiger charge is -2.10. The molecule has 0 spiro atoms. The average molecular weight is 365 g/mol. The number of hydrogen-bond acceptors (Lipinski definition) is 6. The largest absolute Gasteiger partial charge is 0.464 e. The molecule has 0 bridgehead atoms. The molecule has 3 aromatic heterocycles. The van der Waals surface area contributed by atoms with Gasteiger partial charge in [-0.2, -0.15) is 4.98 Å². The summed E-state index contributed by atoms with van der Waals surface area (Å²) < 4.78 is 12.7. The van der Waals surface area contributed by atoms with E-state index in [2.05, 4.69) is 21.4 Å². The number of pyridine rings is 1. The van der Waals surface area contributed by atoms with Crippen LogP contribution in [0.1, 0.15) is 31.2 Å². The van der Waals surface area contributed by atoms with Gasteiger partial charge in [0.05, 0.1) is 11.0 Å². The lowest BCUT2D eigenvalue weighted by Crippen LogP contribution is -2.25. The summed E-state index contributed by atoms with van der Waals surface area (Å²) in [6.07, 6.45) is 8.83. The lowest BCUT2D eigenvalue weighted by molar-refractivity contribution is 0.479. The summed E-state index contributed by atoms with van der Waals surface area (Å²) in [5.41, 5.74) is 2.75. The molecule has 3 heterocycles. The molecule has 6 heteroatoms. The summed E-state index contributed by atoms with van der Waals surface area (Å²) in [6, 6.07) is 10.5. The van der Waals surface area contributed by atoms with Crippen molar-refractivity contribution in [2.45, 2.75) is 38.3 Å². The van der Waals surface area contributed by atoms with Gasteiger partial charge in [0.15, 0.2) is 5.65 Å². The van der Waals surface area contributed by atoms with Crippen LogP contribution in [0.4, 0.5) is 0 Å². The van der Waals surface area contributed by atoms with Crippen LogP contribution in [0.2, 0.25) is 0 Å². The predicted molar refractivity (Wildman–Crippen MR) is 103 cm³/mol. The summed E-state index contributed by atoms with van der Waals surface area (Å²) in [5.74, 6) is 0.723. The fourth-order valence-corrected chi connectivity index (χ4v) is 4.34. The molecule has 1 N–H and O–H groups in total. The molecular formula is C20H19N3O2S. The van der Waals surface area contributed by atoms with Crippen molar-refractivity contribution < 1.29 is 9.15 Å². The van der Waals surface area contributed by atoms with Crippen molar-refractivity contribution in [2.75, 3.05) is 0 Å². The molecule has 0 atom stereocenters. The molecule has 0 saturated heterocycles. The number of benzene rings is 1. The molecule has 4 aromatic rings. The Morgan fingerprint density at radius 2 is 2.15 bits per heavy atom. The highest BCUT2D eigenvalue weighted by molar-refractivity contribution is 7.20. The molecule has 1 saturated carbocycles. The quantitative estimate of drug-likeness (QED) is 0.522. The second-order valence-corrected chi connectivity index (χ2v) is 7.68. The fourth-order valence-electron chi connectivity index (χ4n) is 3.54. The fraction of sp³-hybridized carbons (Fsp3) is 0.300. The van der Waals surface area contributed by atoms with E-state index in [1.165, 1.54) is 42.6 Å². The zero-order chi connectivity index (χ0) is 17.3. The summed E-state index contributed by atoms with van der Waals surface area (Å²) in [6.45, 7) is 0.849.